The molecule has 0 spiro atoms. The van der Waals surface area contributed by atoms with Gasteiger partial charge in [0.25, 0.3) is 0 Å². The maximum atomic E-state index is 12.4. The van der Waals surface area contributed by atoms with E-state index in [-0.39, 0.29) is 11.8 Å². The van der Waals surface area contributed by atoms with Crippen molar-refractivity contribution < 1.29 is 9.53 Å². The third-order valence-corrected chi connectivity index (χ3v) is 5.74. The number of hydrogen-bond donors (Lipinski definition) is 0. The Morgan fingerprint density at radius 1 is 1.20 bits per heavy atom. The summed E-state index contributed by atoms with van der Waals surface area (Å²) in [5.74, 6) is 2.21. The fraction of sp³-hybridized carbons (Fsp3) is 0.360. The van der Waals surface area contributed by atoms with Crippen LogP contribution in [-0.4, -0.2) is 40.1 Å². The van der Waals surface area contributed by atoms with Crippen LogP contribution in [0.25, 0.3) is 11.0 Å². The van der Waals surface area contributed by atoms with Crippen LogP contribution in [0.5, 0.6) is 5.75 Å². The number of rotatable bonds is 9. The van der Waals surface area contributed by atoms with Gasteiger partial charge in [-0.25, -0.2) is 4.98 Å². The molecule has 0 bridgehead atoms. The molecular weight excluding hydrogens is 374 g/mol. The second-order valence-corrected chi connectivity index (χ2v) is 7.80. The molecule has 30 heavy (non-hydrogen) atoms. The van der Waals surface area contributed by atoms with E-state index in [9.17, 15) is 4.79 Å². The van der Waals surface area contributed by atoms with Crippen LogP contribution in [0.2, 0.25) is 0 Å². The number of ether oxygens (including phenoxy) is 1. The van der Waals surface area contributed by atoms with E-state index in [1.807, 2.05) is 35.2 Å². The fourth-order valence-corrected chi connectivity index (χ4v) is 4.15. The van der Waals surface area contributed by atoms with Crippen LogP contribution in [0, 0.1) is 0 Å². The number of fused-ring (bicyclic) bond motifs is 1. The molecule has 1 fully saturated rings. The summed E-state index contributed by atoms with van der Waals surface area (Å²) in [6, 6.07) is 16.5. The predicted molar refractivity (Wildman–Crippen MR) is 120 cm³/mol. The molecule has 0 unspecified atom stereocenters. The Morgan fingerprint density at radius 2 is 2.00 bits per heavy atom. The van der Waals surface area contributed by atoms with Gasteiger partial charge in [-0.05, 0) is 42.7 Å². The zero-order valence-corrected chi connectivity index (χ0v) is 17.6. The average molecular weight is 404 g/mol. The van der Waals surface area contributed by atoms with E-state index < -0.39 is 0 Å². The van der Waals surface area contributed by atoms with Crippen molar-refractivity contribution in [3.63, 3.8) is 0 Å². The van der Waals surface area contributed by atoms with Gasteiger partial charge >= 0.3 is 0 Å². The molecule has 1 atom stereocenters. The summed E-state index contributed by atoms with van der Waals surface area (Å²) in [6.07, 6.45) is 4.20. The lowest BCUT2D eigenvalue weighted by Gasteiger charge is -2.16. The van der Waals surface area contributed by atoms with E-state index in [1.54, 1.807) is 6.08 Å². The number of benzene rings is 2. The second kappa shape index (κ2) is 9.16. The van der Waals surface area contributed by atoms with Crippen molar-refractivity contribution in [1.29, 1.82) is 0 Å². The molecule has 0 saturated carbocycles. The van der Waals surface area contributed by atoms with Gasteiger partial charge in [0.1, 0.15) is 11.6 Å². The van der Waals surface area contributed by atoms with Gasteiger partial charge < -0.3 is 14.2 Å². The zero-order chi connectivity index (χ0) is 20.9. The number of amides is 1. The Morgan fingerprint density at radius 3 is 2.77 bits per heavy atom. The number of carbonyl (C=O) groups is 1. The van der Waals surface area contributed by atoms with Crippen LogP contribution in [-0.2, 0) is 17.8 Å². The molecule has 5 heteroatoms. The van der Waals surface area contributed by atoms with Gasteiger partial charge in [0.05, 0.1) is 17.6 Å². The van der Waals surface area contributed by atoms with Gasteiger partial charge in [0.15, 0.2) is 0 Å². The van der Waals surface area contributed by atoms with E-state index in [0.717, 1.165) is 42.0 Å². The van der Waals surface area contributed by atoms with Crippen molar-refractivity contribution in [2.75, 3.05) is 19.7 Å². The summed E-state index contributed by atoms with van der Waals surface area (Å²) in [5.41, 5.74) is 3.42. The summed E-state index contributed by atoms with van der Waals surface area (Å²) < 4.78 is 8.21. The highest BCUT2D eigenvalue weighted by Crippen LogP contribution is 2.30. The Balaban J connectivity index is 1.46. The first-order valence-electron chi connectivity index (χ1n) is 10.7. The van der Waals surface area contributed by atoms with Gasteiger partial charge in [-0.1, -0.05) is 37.3 Å². The number of para-hydroxylation sites is 2. The average Bonchev–Trinajstić information content (AvgIpc) is 3.32. The zero-order valence-electron chi connectivity index (χ0n) is 17.6. The van der Waals surface area contributed by atoms with E-state index in [0.29, 0.717) is 26.1 Å². The fourth-order valence-electron chi connectivity index (χ4n) is 4.15. The first kappa shape index (κ1) is 20.2. The van der Waals surface area contributed by atoms with Crippen molar-refractivity contribution in [1.82, 2.24) is 14.5 Å². The Kier molecular flexibility index (Phi) is 6.17. The molecule has 4 rings (SSSR count). The van der Waals surface area contributed by atoms with Gasteiger partial charge in [-0.15, -0.1) is 6.58 Å². The van der Waals surface area contributed by atoms with Crippen molar-refractivity contribution in [2.45, 2.75) is 38.6 Å². The highest BCUT2D eigenvalue weighted by molar-refractivity contribution is 5.81. The second-order valence-electron chi connectivity index (χ2n) is 7.80. The summed E-state index contributed by atoms with van der Waals surface area (Å²) in [4.78, 5) is 19.1. The molecule has 5 nitrogen and oxygen atoms in total. The summed E-state index contributed by atoms with van der Waals surface area (Å²) >= 11 is 0. The van der Waals surface area contributed by atoms with Gasteiger partial charge in [-0.3, -0.25) is 4.79 Å². The van der Waals surface area contributed by atoms with E-state index in [1.165, 1.54) is 5.56 Å². The van der Waals surface area contributed by atoms with Crippen molar-refractivity contribution in [3.05, 3.63) is 72.6 Å². The number of nitrogens with zero attached hydrogens (tertiary/aromatic N) is 3. The molecular formula is C25H29N3O2. The number of aromatic nitrogens is 2. The van der Waals surface area contributed by atoms with Crippen LogP contribution in [0.4, 0.5) is 0 Å². The van der Waals surface area contributed by atoms with Crippen molar-refractivity contribution >= 4 is 16.9 Å². The number of hydrogen-bond acceptors (Lipinski definition) is 3. The number of aryl methyl sites for hydroxylation is 2. The highest BCUT2D eigenvalue weighted by atomic mass is 16.5. The minimum absolute atomic E-state index is 0.118. The summed E-state index contributed by atoms with van der Waals surface area (Å²) in [5, 5.41) is 0. The van der Waals surface area contributed by atoms with Crippen molar-refractivity contribution in [2.24, 2.45) is 0 Å². The lowest BCUT2D eigenvalue weighted by atomic mass is 10.1. The van der Waals surface area contributed by atoms with Crippen LogP contribution >= 0.6 is 0 Å². The van der Waals surface area contributed by atoms with E-state index >= 15 is 0 Å². The third-order valence-electron chi connectivity index (χ3n) is 5.74. The summed E-state index contributed by atoms with van der Waals surface area (Å²) in [7, 11) is 0. The molecule has 1 aliphatic heterocycles. The predicted octanol–water partition coefficient (Wildman–Crippen LogP) is 4.57. The molecule has 1 aliphatic rings. The van der Waals surface area contributed by atoms with Crippen LogP contribution in [0.3, 0.4) is 0 Å². The first-order chi connectivity index (χ1) is 14.7. The van der Waals surface area contributed by atoms with E-state index in [4.69, 9.17) is 9.72 Å². The molecule has 0 N–H and O–H groups in total. The van der Waals surface area contributed by atoms with Crippen LogP contribution in [0.1, 0.15) is 37.1 Å². The topological polar surface area (TPSA) is 47.4 Å². The number of carbonyl (C=O) groups excluding carboxylic acids is 1. The molecule has 3 aromatic rings. The number of imidazole rings is 1. The molecule has 0 radical (unpaired) electrons. The van der Waals surface area contributed by atoms with Crippen molar-refractivity contribution in [3.8, 4) is 5.75 Å². The first-order valence-corrected chi connectivity index (χ1v) is 10.7. The molecule has 156 valence electrons. The summed E-state index contributed by atoms with van der Waals surface area (Å²) in [6.45, 7) is 8.67. The number of likely N-dealkylation sites (tertiary alicyclic amines) is 1. The smallest absolute Gasteiger partial charge is 0.223 e. The molecule has 2 aromatic carbocycles. The molecule has 0 aliphatic carbocycles. The van der Waals surface area contributed by atoms with Crippen LogP contribution < -0.4 is 4.74 Å². The lowest BCUT2D eigenvalue weighted by molar-refractivity contribution is -0.127. The highest BCUT2D eigenvalue weighted by Gasteiger charge is 2.33. The largest absolute Gasteiger partial charge is 0.494 e. The molecule has 2 heterocycles. The quantitative estimate of drug-likeness (QED) is 0.388. The molecule has 1 saturated heterocycles. The molecule has 1 amide bonds. The Bertz CT molecular complexity index is 1020. The van der Waals surface area contributed by atoms with Gasteiger partial charge in [-0.2, -0.15) is 0 Å². The third kappa shape index (κ3) is 4.25. The minimum Gasteiger partial charge on any atom is -0.494 e. The maximum absolute atomic E-state index is 12.4. The Labute approximate surface area is 178 Å². The standard InChI is InChI=1S/C25H29N3O2/c1-3-14-27-18-20(17-24(27)29)25-26-22-8-5-6-9-23(22)28(25)15-7-16-30-21-12-10-19(4-2)11-13-21/h3,5-6,8-13,20H,1,4,7,14-18H2,2H3/t20-/m0/s1. The van der Waals surface area contributed by atoms with Gasteiger partial charge in [0, 0.05) is 32.0 Å². The Hall–Kier alpha value is -3.08. The van der Waals surface area contributed by atoms with Gasteiger partial charge in [0.2, 0.25) is 5.91 Å². The van der Waals surface area contributed by atoms with E-state index in [2.05, 4.69) is 36.3 Å². The normalized spacial score (nSPS) is 16.4. The van der Waals surface area contributed by atoms with Crippen LogP contribution in [0.15, 0.2) is 61.2 Å². The lowest BCUT2D eigenvalue weighted by Crippen LogP contribution is -2.25. The minimum atomic E-state index is 0.118. The molecule has 1 aromatic heterocycles. The monoisotopic (exact) mass is 403 g/mol. The SMILES string of the molecule is C=CCN1C[C@@H](c2nc3ccccc3n2CCCOc2ccc(CC)cc2)CC1=O. The maximum Gasteiger partial charge on any atom is 0.223 e.